The molecule has 2 aromatic rings. The van der Waals surface area contributed by atoms with Crippen LogP contribution in [0.3, 0.4) is 0 Å². The largest absolute Gasteiger partial charge is 0.494 e. The van der Waals surface area contributed by atoms with E-state index in [1.165, 1.54) is 15.3 Å². The quantitative estimate of drug-likeness (QED) is 0.773. The number of para-hydroxylation sites is 1. The molecule has 0 atom stereocenters. The minimum atomic E-state index is 0.763. The van der Waals surface area contributed by atoms with E-state index in [1.54, 1.807) is 0 Å². The SMILES string of the molecule is Cc1cc(CNCCCOc2ccccc2)sc1C. The molecule has 1 heterocycles. The summed E-state index contributed by atoms with van der Waals surface area (Å²) in [6, 6.07) is 12.2. The summed E-state index contributed by atoms with van der Waals surface area (Å²) in [6.45, 7) is 7.06. The van der Waals surface area contributed by atoms with Crippen molar-refractivity contribution in [2.45, 2.75) is 26.8 Å². The van der Waals surface area contributed by atoms with Crippen molar-refractivity contribution >= 4 is 11.3 Å². The molecule has 1 aromatic heterocycles. The van der Waals surface area contributed by atoms with Gasteiger partial charge in [0.2, 0.25) is 0 Å². The zero-order valence-electron chi connectivity index (χ0n) is 11.6. The number of rotatable bonds is 7. The number of ether oxygens (including phenoxy) is 1. The molecular formula is C16H21NOS. The predicted molar refractivity (Wildman–Crippen MR) is 82.1 cm³/mol. The summed E-state index contributed by atoms with van der Waals surface area (Å²) in [7, 11) is 0. The van der Waals surface area contributed by atoms with Crippen molar-refractivity contribution in [2.75, 3.05) is 13.2 Å². The molecule has 19 heavy (non-hydrogen) atoms. The van der Waals surface area contributed by atoms with Crippen molar-refractivity contribution in [3.05, 3.63) is 51.7 Å². The molecule has 0 saturated carbocycles. The molecule has 0 bridgehead atoms. The molecule has 0 unspecified atom stereocenters. The van der Waals surface area contributed by atoms with Crippen LogP contribution in [0.15, 0.2) is 36.4 Å². The topological polar surface area (TPSA) is 21.3 Å². The van der Waals surface area contributed by atoms with Gasteiger partial charge in [-0.1, -0.05) is 18.2 Å². The van der Waals surface area contributed by atoms with Crippen molar-refractivity contribution in [2.24, 2.45) is 0 Å². The van der Waals surface area contributed by atoms with Crippen LogP contribution in [0.1, 0.15) is 21.7 Å². The van der Waals surface area contributed by atoms with Gasteiger partial charge in [0.15, 0.2) is 0 Å². The molecule has 0 saturated heterocycles. The molecule has 1 aromatic carbocycles. The van der Waals surface area contributed by atoms with Gasteiger partial charge >= 0.3 is 0 Å². The van der Waals surface area contributed by atoms with Crippen molar-refractivity contribution < 1.29 is 4.74 Å². The van der Waals surface area contributed by atoms with Crippen molar-refractivity contribution in [1.29, 1.82) is 0 Å². The van der Waals surface area contributed by atoms with Gasteiger partial charge in [0.1, 0.15) is 5.75 Å². The maximum absolute atomic E-state index is 5.64. The minimum absolute atomic E-state index is 0.763. The lowest BCUT2D eigenvalue weighted by molar-refractivity contribution is 0.308. The number of hydrogen-bond acceptors (Lipinski definition) is 3. The Morgan fingerprint density at radius 2 is 1.95 bits per heavy atom. The van der Waals surface area contributed by atoms with E-state index in [1.807, 2.05) is 41.7 Å². The predicted octanol–water partition coefficient (Wildman–Crippen LogP) is 3.92. The van der Waals surface area contributed by atoms with Gasteiger partial charge in [-0.2, -0.15) is 0 Å². The van der Waals surface area contributed by atoms with Gasteiger partial charge in [0.25, 0.3) is 0 Å². The van der Waals surface area contributed by atoms with Crippen LogP contribution in [0.2, 0.25) is 0 Å². The Morgan fingerprint density at radius 1 is 1.16 bits per heavy atom. The van der Waals surface area contributed by atoms with Crippen LogP contribution < -0.4 is 10.1 Å². The number of thiophene rings is 1. The molecule has 2 rings (SSSR count). The van der Waals surface area contributed by atoms with Crippen LogP contribution >= 0.6 is 11.3 Å². The van der Waals surface area contributed by atoms with Gasteiger partial charge in [-0.3, -0.25) is 0 Å². The average molecular weight is 275 g/mol. The summed E-state index contributed by atoms with van der Waals surface area (Å²) in [6.07, 6.45) is 1.03. The lowest BCUT2D eigenvalue weighted by Gasteiger charge is -2.06. The summed E-state index contributed by atoms with van der Waals surface area (Å²) >= 11 is 1.88. The number of benzene rings is 1. The Bertz CT molecular complexity index is 473. The van der Waals surface area contributed by atoms with Crippen LogP contribution in [0.5, 0.6) is 5.75 Å². The molecule has 0 amide bonds. The Kier molecular flexibility index (Phi) is 5.43. The van der Waals surface area contributed by atoms with E-state index in [2.05, 4.69) is 25.2 Å². The Balaban J connectivity index is 1.57. The van der Waals surface area contributed by atoms with Crippen molar-refractivity contribution in [3.8, 4) is 5.75 Å². The second-order valence-electron chi connectivity index (χ2n) is 4.64. The first kappa shape index (κ1) is 14.1. The Labute approximate surface area is 119 Å². The minimum Gasteiger partial charge on any atom is -0.494 e. The zero-order chi connectivity index (χ0) is 13.5. The maximum Gasteiger partial charge on any atom is 0.119 e. The fourth-order valence-electron chi connectivity index (χ4n) is 1.85. The van der Waals surface area contributed by atoms with E-state index in [0.717, 1.165) is 31.9 Å². The first-order valence-electron chi connectivity index (χ1n) is 6.70. The fraction of sp³-hybridized carbons (Fsp3) is 0.375. The van der Waals surface area contributed by atoms with E-state index in [9.17, 15) is 0 Å². The van der Waals surface area contributed by atoms with Gasteiger partial charge in [0, 0.05) is 16.3 Å². The molecule has 0 radical (unpaired) electrons. The number of hydrogen-bond donors (Lipinski definition) is 1. The number of aryl methyl sites for hydroxylation is 2. The number of nitrogens with one attached hydrogen (secondary N) is 1. The molecule has 2 nitrogen and oxygen atoms in total. The highest BCUT2D eigenvalue weighted by Crippen LogP contribution is 2.20. The third kappa shape index (κ3) is 4.69. The Hall–Kier alpha value is -1.32. The summed E-state index contributed by atoms with van der Waals surface area (Å²) in [4.78, 5) is 2.84. The van der Waals surface area contributed by atoms with Crippen LogP contribution in [-0.2, 0) is 6.54 Å². The molecule has 1 N–H and O–H groups in total. The van der Waals surface area contributed by atoms with E-state index >= 15 is 0 Å². The van der Waals surface area contributed by atoms with Gasteiger partial charge < -0.3 is 10.1 Å². The van der Waals surface area contributed by atoms with Gasteiger partial charge in [0.05, 0.1) is 6.61 Å². The molecular weight excluding hydrogens is 254 g/mol. The summed E-state index contributed by atoms with van der Waals surface area (Å²) < 4.78 is 5.64. The highest BCUT2D eigenvalue weighted by Gasteiger charge is 2.00. The van der Waals surface area contributed by atoms with Gasteiger partial charge in [-0.15, -0.1) is 11.3 Å². The third-order valence-corrected chi connectivity index (χ3v) is 4.18. The Morgan fingerprint density at radius 3 is 2.63 bits per heavy atom. The van der Waals surface area contributed by atoms with Crippen LogP contribution in [-0.4, -0.2) is 13.2 Å². The molecule has 0 fully saturated rings. The first-order valence-corrected chi connectivity index (χ1v) is 7.52. The van der Waals surface area contributed by atoms with Crippen LogP contribution in [0, 0.1) is 13.8 Å². The van der Waals surface area contributed by atoms with Crippen molar-refractivity contribution in [1.82, 2.24) is 5.32 Å². The monoisotopic (exact) mass is 275 g/mol. The smallest absolute Gasteiger partial charge is 0.119 e. The van der Waals surface area contributed by atoms with E-state index in [0.29, 0.717) is 0 Å². The summed E-state index contributed by atoms with van der Waals surface area (Å²) in [5.74, 6) is 0.951. The zero-order valence-corrected chi connectivity index (χ0v) is 12.4. The highest BCUT2D eigenvalue weighted by atomic mass is 32.1. The molecule has 0 aliphatic rings. The van der Waals surface area contributed by atoms with E-state index < -0.39 is 0 Å². The van der Waals surface area contributed by atoms with Gasteiger partial charge in [-0.05, 0) is 50.6 Å². The molecule has 0 spiro atoms. The molecule has 0 aliphatic heterocycles. The second kappa shape index (κ2) is 7.31. The standard InChI is InChI=1S/C16H21NOS/c1-13-11-16(19-14(13)2)12-17-9-6-10-18-15-7-4-3-5-8-15/h3-5,7-8,11,17H,6,9-10,12H2,1-2H3. The van der Waals surface area contributed by atoms with E-state index in [4.69, 9.17) is 4.74 Å². The highest BCUT2D eigenvalue weighted by molar-refractivity contribution is 7.12. The molecule has 0 aliphatic carbocycles. The van der Waals surface area contributed by atoms with Crippen LogP contribution in [0.4, 0.5) is 0 Å². The second-order valence-corrected chi connectivity index (χ2v) is 5.98. The average Bonchev–Trinajstić information content (AvgIpc) is 2.74. The van der Waals surface area contributed by atoms with Crippen molar-refractivity contribution in [3.63, 3.8) is 0 Å². The lowest BCUT2D eigenvalue weighted by Crippen LogP contribution is -2.16. The first-order chi connectivity index (χ1) is 9.25. The summed E-state index contributed by atoms with van der Waals surface area (Å²) in [5.41, 5.74) is 1.40. The van der Waals surface area contributed by atoms with Crippen LogP contribution in [0.25, 0.3) is 0 Å². The third-order valence-electron chi connectivity index (χ3n) is 3.03. The molecule has 3 heteroatoms. The summed E-state index contributed by atoms with van der Waals surface area (Å²) in [5, 5.41) is 3.46. The fourth-order valence-corrected chi connectivity index (χ4v) is 2.88. The van der Waals surface area contributed by atoms with E-state index in [-0.39, 0.29) is 0 Å². The maximum atomic E-state index is 5.64. The lowest BCUT2D eigenvalue weighted by atomic mass is 10.3. The normalized spacial score (nSPS) is 10.6. The van der Waals surface area contributed by atoms with Gasteiger partial charge in [-0.25, -0.2) is 0 Å². The molecule has 102 valence electrons.